The second kappa shape index (κ2) is 4.51. The third-order valence-electron chi connectivity index (χ3n) is 1.44. The van der Waals surface area contributed by atoms with E-state index in [1.807, 2.05) is 0 Å². The summed E-state index contributed by atoms with van der Waals surface area (Å²) >= 11 is 0. The molecule has 3 nitrogen and oxygen atoms in total. The van der Waals surface area contributed by atoms with E-state index in [-0.39, 0.29) is 11.0 Å². The largest absolute Gasteiger partial charge is 0.418 e. The molecule has 1 rings (SSSR count). The first kappa shape index (κ1) is 12.5. The van der Waals surface area contributed by atoms with Crippen LogP contribution in [0, 0.1) is 0 Å². The predicted octanol–water partition coefficient (Wildman–Crippen LogP) is 2.16. The van der Waals surface area contributed by atoms with Gasteiger partial charge in [0, 0.05) is 5.87 Å². The number of sulfonamides is 1. The highest BCUT2D eigenvalue weighted by Gasteiger charge is 2.22. The van der Waals surface area contributed by atoms with E-state index >= 15 is 0 Å². The molecular weight excluding hydrogens is 243 g/mol. The van der Waals surface area contributed by atoms with Crippen LogP contribution in [0.2, 0.25) is 0 Å². The molecule has 1 aromatic rings. The maximum absolute atomic E-state index is 11.7. The molecule has 7 heteroatoms. The normalized spacial score (nSPS) is 11.7. The van der Waals surface area contributed by atoms with Crippen molar-refractivity contribution in [1.29, 1.82) is 0 Å². The first-order valence-corrected chi connectivity index (χ1v) is 5.44. The van der Waals surface area contributed by atoms with Crippen molar-refractivity contribution >= 4 is 15.9 Å². The molecule has 0 aliphatic heterocycles. The number of hydrogen-bond acceptors (Lipinski definition) is 2. The van der Waals surface area contributed by atoms with Crippen LogP contribution in [0.5, 0.6) is 0 Å². The summed E-state index contributed by atoms with van der Waals surface area (Å²) in [7, 11) is -4.10. The second-order valence-corrected chi connectivity index (χ2v) is 4.30. The van der Waals surface area contributed by atoms with Gasteiger partial charge in [-0.05, 0) is 12.1 Å². The quantitative estimate of drug-likeness (QED) is 0.754. The Hall–Kier alpha value is -1.59. The molecule has 0 N–H and O–H groups in total. The maximum Gasteiger partial charge on any atom is 0.418 e. The Balaban J connectivity index is 3.03. The molecule has 0 spiro atoms. The van der Waals surface area contributed by atoms with Gasteiger partial charge in [-0.15, -0.1) is 4.40 Å². The minimum absolute atomic E-state index is 0.182. The molecule has 0 atom stereocenters. The molecule has 86 valence electrons. The lowest BCUT2D eigenvalue weighted by Crippen LogP contribution is -2.01. The van der Waals surface area contributed by atoms with Gasteiger partial charge in [-0.25, -0.2) is 0 Å². The van der Waals surface area contributed by atoms with Gasteiger partial charge in [0.2, 0.25) is 0 Å². The van der Waals surface area contributed by atoms with Crippen molar-refractivity contribution in [1.82, 2.24) is 0 Å². The van der Waals surface area contributed by atoms with Gasteiger partial charge < -0.3 is 0 Å². The van der Waals surface area contributed by atoms with Gasteiger partial charge in [0.25, 0.3) is 10.0 Å². The van der Waals surface area contributed by atoms with E-state index < -0.39 is 16.2 Å². The fraction of sp³-hybridized carbons (Fsp3) is 0.111. The Kier molecular flexibility index (Phi) is 3.51. The summed E-state index contributed by atoms with van der Waals surface area (Å²) in [6, 6.07) is 6.92. The maximum atomic E-state index is 11.7. The van der Waals surface area contributed by atoms with Gasteiger partial charge in [-0.3, -0.25) is 0 Å². The minimum Gasteiger partial charge on any atom is -0.199 e. The van der Waals surface area contributed by atoms with Crippen molar-refractivity contribution in [2.75, 3.05) is 0 Å². The fourth-order valence-corrected chi connectivity index (χ4v) is 1.61. The van der Waals surface area contributed by atoms with Crippen LogP contribution in [0.1, 0.15) is 0 Å². The molecule has 0 bridgehead atoms. The number of hydrogen-bond donors (Lipinski definition) is 0. The van der Waals surface area contributed by atoms with Crippen LogP contribution >= 0.6 is 0 Å². The highest BCUT2D eigenvalue weighted by atomic mass is 32.2. The average molecular weight is 249 g/mol. The Morgan fingerprint density at radius 2 is 1.75 bits per heavy atom. The molecule has 0 fully saturated rings. The smallest absolute Gasteiger partial charge is 0.199 e. The number of alkyl halides is 3. The van der Waals surface area contributed by atoms with Gasteiger partial charge in [0.1, 0.15) is 0 Å². The fourth-order valence-electron chi connectivity index (χ4n) is 0.814. The van der Waals surface area contributed by atoms with E-state index in [9.17, 15) is 21.6 Å². The molecule has 0 saturated heterocycles. The molecule has 1 aromatic carbocycles. The third kappa shape index (κ3) is 3.88. The zero-order valence-corrected chi connectivity index (χ0v) is 8.59. The molecule has 0 aromatic heterocycles. The molecule has 0 aliphatic rings. The minimum atomic E-state index is -4.63. The van der Waals surface area contributed by atoms with Crippen molar-refractivity contribution in [2.24, 2.45) is 4.40 Å². The summed E-state index contributed by atoms with van der Waals surface area (Å²) in [5.41, 5.74) is 0. The van der Waals surface area contributed by atoms with Gasteiger partial charge in [-0.1, -0.05) is 18.2 Å². The summed E-state index contributed by atoms with van der Waals surface area (Å²) in [5.74, 6) is 1.35. The number of benzene rings is 1. The van der Waals surface area contributed by atoms with E-state index in [0.29, 0.717) is 0 Å². The summed E-state index contributed by atoms with van der Waals surface area (Å²) in [6.07, 6.45) is -5.00. The number of nitrogens with zero attached hydrogens (tertiary/aromatic N) is 1. The van der Waals surface area contributed by atoms with Crippen LogP contribution in [0.3, 0.4) is 0 Å². The van der Waals surface area contributed by atoms with E-state index in [1.165, 1.54) is 30.1 Å². The Bertz CT molecular complexity index is 513. The predicted molar refractivity (Wildman–Crippen MR) is 51.7 cm³/mol. The van der Waals surface area contributed by atoms with Crippen LogP contribution in [-0.4, -0.2) is 20.5 Å². The summed E-state index contributed by atoms with van der Waals surface area (Å²) in [4.78, 5) is -0.182. The summed E-state index contributed by atoms with van der Waals surface area (Å²) in [6.45, 7) is 0. The van der Waals surface area contributed by atoms with Gasteiger partial charge in [0.15, 0.2) is 0 Å². The van der Waals surface area contributed by atoms with E-state index in [2.05, 4.69) is 4.40 Å². The van der Waals surface area contributed by atoms with Crippen LogP contribution in [0.15, 0.2) is 45.7 Å². The number of rotatable bonds is 2. The SMILES string of the molecule is O=S(=O)(N=C=CC(F)(F)F)c1ccccc1. The lowest BCUT2D eigenvalue weighted by molar-refractivity contribution is -0.0785. The van der Waals surface area contributed by atoms with E-state index in [0.717, 1.165) is 0 Å². The molecular formula is C9H6F3NO2S. The van der Waals surface area contributed by atoms with Crippen molar-refractivity contribution in [3.05, 3.63) is 36.4 Å². The van der Waals surface area contributed by atoms with Crippen molar-refractivity contribution in [3.63, 3.8) is 0 Å². The summed E-state index contributed by atoms with van der Waals surface area (Å²) in [5, 5.41) is 0. The average Bonchev–Trinajstić information content (AvgIpc) is 2.17. The van der Waals surface area contributed by atoms with Gasteiger partial charge >= 0.3 is 6.18 Å². The molecule has 0 saturated carbocycles. The van der Waals surface area contributed by atoms with Gasteiger partial charge in [-0.2, -0.15) is 21.6 Å². The highest BCUT2D eigenvalue weighted by Crippen LogP contribution is 2.14. The molecule has 0 radical (unpaired) electrons. The van der Waals surface area contributed by atoms with Crippen molar-refractivity contribution in [3.8, 4) is 0 Å². The van der Waals surface area contributed by atoms with E-state index in [4.69, 9.17) is 0 Å². The first-order chi connectivity index (χ1) is 7.31. The topological polar surface area (TPSA) is 46.5 Å². The number of allylic oxidation sites excluding steroid dienone is 1. The zero-order chi connectivity index (χ0) is 12.2. The van der Waals surface area contributed by atoms with Crippen molar-refractivity contribution < 1.29 is 21.6 Å². The molecule has 0 aliphatic carbocycles. The Labute approximate surface area is 90.0 Å². The Morgan fingerprint density at radius 3 is 2.25 bits per heavy atom. The summed E-state index contributed by atoms with van der Waals surface area (Å²) < 4.78 is 60.3. The molecule has 0 amide bonds. The number of halogens is 3. The highest BCUT2D eigenvalue weighted by molar-refractivity contribution is 7.90. The third-order valence-corrected chi connectivity index (χ3v) is 2.66. The molecule has 0 unspecified atom stereocenters. The monoisotopic (exact) mass is 249 g/mol. The lowest BCUT2D eigenvalue weighted by Gasteiger charge is -1.95. The molecule has 16 heavy (non-hydrogen) atoms. The van der Waals surface area contributed by atoms with Crippen LogP contribution in [-0.2, 0) is 10.0 Å². The second-order valence-electron chi connectivity index (χ2n) is 2.69. The standard InChI is InChI=1S/C9H6F3NO2S/c10-9(11,12)6-7-13-16(14,15)8-4-2-1-3-5-8/h1-6H. The molecule has 0 heterocycles. The van der Waals surface area contributed by atoms with Crippen LogP contribution in [0.25, 0.3) is 0 Å². The zero-order valence-electron chi connectivity index (χ0n) is 7.77. The van der Waals surface area contributed by atoms with E-state index in [1.54, 1.807) is 6.07 Å². The van der Waals surface area contributed by atoms with Gasteiger partial charge in [0.05, 0.1) is 11.0 Å². The van der Waals surface area contributed by atoms with Crippen LogP contribution in [0.4, 0.5) is 13.2 Å². The first-order valence-electron chi connectivity index (χ1n) is 4.00. The Morgan fingerprint density at radius 1 is 1.19 bits per heavy atom. The lowest BCUT2D eigenvalue weighted by atomic mass is 10.4. The van der Waals surface area contributed by atoms with Crippen molar-refractivity contribution in [2.45, 2.75) is 11.1 Å². The van der Waals surface area contributed by atoms with Crippen LogP contribution < -0.4 is 0 Å².